The van der Waals surface area contributed by atoms with Gasteiger partial charge in [0.25, 0.3) is 0 Å². The molecule has 0 saturated carbocycles. The van der Waals surface area contributed by atoms with Crippen LogP contribution in [0.4, 0.5) is 0 Å². The number of benzene rings is 2. The van der Waals surface area contributed by atoms with Gasteiger partial charge in [0.2, 0.25) is 11.8 Å². The van der Waals surface area contributed by atoms with Gasteiger partial charge in [-0.3, -0.25) is 19.7 Å². The Morgan fingerprint density at radius 1 is 0.976 bits per heavy atom. The molecule has 0 bridgehead atoms. The molecule has 0 spiro atoms. The second kappa shape index (κ2) is 17.4. The number of piperidine rings is 1. The van der Waals surface area contributed by atoms with E-state index in [1.807, 2.05) is 59.5 Å². The Kier molecular flexibility index (Phi) is 13.6. The monoisotopic (exact) mass is 568 g/mol. The second-order valence-electron chi connectivity index (χ2n) is 10.3. The van der Waals surface area contributed by atoms with E-state index in [4.69, 9.17) is 9.47 Å². The molecule has 2 aromatic carbocycles. The number of ether oxygens (including phenoxy) is 2. The van der Waals surface area contributed by atoms with Crippen LogP contribution in [0.15, 0.2) is 54.6 Å². The smallest absolute Gasteiger partial charge is 0.319 e. The molecule has 1 saturated heterocycles. The van der Waals surface area contributed by atoms with Crippen LogP contribution in [-0.2, 0) is 32.1 Å². The van der Waals surface area contributed by atoms with Gasteiger partial charge in [-0.1, -0.05) is 42.5 Å². The van der Waals surface area contributed by atoms with E-state index in [1.165, 1.54) is 7.11 Å². The summed E-state index contributed by atoms with van der Waals surface area (Å²) in [6.45, 7) is 2.06. The van der Waals surface area contributed by atoms with Crippen LogP contribution >= 0.6 is 0 Å². The largest absolute Gasteiger partial charge is 0.497 e. The first-order valence-electron chi connectivity index (χ1n) is 14.3. The number of nitrogens with one attached hydrogen (secondary N) is 3. The lowest BCUT2D eigenvalue weighted by molar-refractivity contribution is -0.139. The summed E-state index contributed by atoms with van der Waals surface area (Å²) in [5, 5.41) is 20.4. The van der Waals surface area contributed by atoms with Crippen molar-refractivity contribution in [2.75, 3.05) is 40.4 Å². The van der Waals surface area contributed by atoms with Crippen molar-refractivity contribution in [2.45, 2.75) is 63.3 Å². The summed E-state index contributed by atoms with van der Waals surface area (Å²) < 4.78 is 10.0. The molecule has 10 nitrogen and oxygen atoms in total. The lowest BCUT2D eigenvalue weighted by atomic mass is 9.99. The van der Waals surface area contributed by atoms with Crippen molar-refractivity contribution in [1.82, 2.24) is 20.9 Å². The first kappa shape index (κ1) is 32.0. The average molecular weight is 569 g/mol. The topological polar surface area (TPSA) is 129 Å². The Hall–Kier alpha value is -3.47. The molecule has 1 aliphatic rings. The fourth-order valence-corrected chi connectivity index (χ4v) is 4.90. The Morgan fingerprint density at radius 2 is 1.71 bits per heavy atom. The highest BCUT2D eigenvalue weighted by atomic mass is 16.5. The molecule has 2 aromatic rings. The lowest BCUT2D eigenvalue weighted by Gasteiger charge is -2.29. The highest BCUT2D eigenvalue weighted by Crippen LogP contribution is 2.14. The number of hydrogen-bond acceptors (Lipinski definition) is 8. The molecule has 1 fully saturated rings. The molecule has 1 heterocycles. The molecular weight excluding hydrogens is 524 g/mol. The summed E-state index contributed by atoms with van der Waals surface area (Å²) in [5.74, 6) is -0.130. The van der Waals surface area contributed by atoms with Gasteiger partial charge >= 0.3 is 5.97 Å². The van der Waals surface area contributed by atoms with Gasteiger partial charge in [0.1, 0.15) is 5.75 Å². The molecule has 0 unspecified atom stereocenters. The average Bonchev–Trinajstić information content (AvgIpc) is 3.01. The summed E-state index contributed by atoms with van der Waals surface area (Å²) >= 11 is 0. The van der Waals surface area contributed by atoms with Crippen molar-refractivity contribution in [3.8, 4) is 5.75 Å². The summed E-state index contributed by atoms with van der Waals surface area (Å²) in [6, 6.07) is 15.9. The van der Waals surface area contributed by atoms with Crippen molar-refractivity contribution >= 4 is 17.8 Å². The van der Waals surface area contributed by atoms with E-state index < -0.39 is 24.2 Å². The van der Waals surface area contributed by atoms with Crippen molar-refractivity contribution < 1.29 is 29.0 Å². The summed E-state index contributed by atoms with van der Waals surface area (Å²) in [4.78, 5) is 40.0. The summed E-state index contributed by atoms with van der Waals surface area (Å²) in [5.41, 5.74) is 1.97. The number of carbonyl (C=O) groups is 3. The Balaban J connectivity index is 1.65. The number of aliphatic hydroxyl groups excluding tert-OH is 1. The predicted octanol–water partition coefficient (Wildman–Crippen LogP) is 1.80. The SMILES string of the molecule is COC(=O)CN[C@@H](CCC(=O)N1CCCCC1)C(=O)N[C@@H](Cc1ccccc1)[C@H](O)CNCc1cccc(OC)c1. The minimum Gasteiger partial charge on any atom is -0.497 e. The van der Waals surface area contributed by atoms with E-state index in [-0.39, 0.29) is 37.7 Å². The normalized spacial score (nSPS) is 15.4. The lowest BCUT2D eigenvalue weighted by Crippen LogP contribution is -2.54. The first-order chi connectivity index (χ1) is 19.9. The molecule has 10 heteroatoms. The first-order valence-corrected chi connectivity index (χ1v) is 14.3. The summed E-state index contributed by atoms with van der Waals surface area (Å²) in [7, 11) is 2.90. The number of esters is 1. The van der Waals surface area contributed by atoms with Gasteiger partial charge in [-0.2, -0.15) is 0 Å². The van der Waals surface area contributed by atoms with E-state index in [2.05, 4.69) is 16.0 Å². The Labute approximate surface area is 242 Å². The standard InChI is InChI=1S/C31H44N4O6/c1-40-25-13-9-12-24(18-25)20-32-21-28(36)27(19-23-10-5-3-6-11-23)34-31(39)26(33-22-30(38)41-2)14-15-29(37)35-16-7-4-8-17-35/h3,5-6,9-13,18,26-28,32-33,36H,4,7-8,14-17,19-22H2,1-2H3,(H,34,39)/t26-,27-,28+/m0/s1. The molecule has 4 N–H and O–H groups in total. The van der Waals surface area contributed by atoms with Crippen molar-refractivity contribution in [2.24, 2.45) is 0 Å². The van der Waals surface area contributed by atoms with Crippen molar-refractivity contribution in [1.29, 1.82) is 0 Å². The molecule has 0 radical (unpaired) electrons. The van der Waals surface area contributed by atoms with Gasteiger partial charge in [-0.25, -0.2) is 0 Å². The van der Waals surface area contributed by atoms with E-state index in [1.54, 1.807) is 7.11 Å². The number of likely N-dealkylation sites (tertiary alicyclic amines) is 1. The minimum absolute atomic E-state index is 0.00461. The minimum atomic E-state index is -0.902. The highest BCUT2D eigenvalue weighted by molar-refractivity contribution is 5.84. The molecule has 2 amide bonds. The highest BCUT2D eigenvalue weighted by Gasteiger charge is 2.28. The van der Waals surface area contributed by atoms with Crippen molar-refractivity contribution in [3.63, 3.8) is 0 Å². The molecule has 3 rings (SSSR count). The van der Waals surface area contributed by atoms with Gasteiger partial charge in [-0.05, 0) is 55.4 Å². The molecule has 0 aromatic heterocycles. The maximum absolute atomic E-state index is 13.5. The molecule has 224 valence electrons. The molecule has 1 aliphatic heterocycles. The zero-order valence-corrected chi connectivity index (χ0v) is 24.1. The quantitative estimate of drug-likeness (QED) is 0.226. The van der Waals surface area contributed by atoms with Crippen LogP contribution in [0.1, 0.15) is 43.2 Å². The van der Waals surface area contributed by atoms with Gasteiger partial charge in [0, 0.05) is 32.6 Å². The van der Waals surface area contributed by atoms with Crippen LogP contribution in [-0.4, -0.2) is 86.4 Å². The fraction of sp³-hybridized carbons (Fsp3) is 0.516. The van der Waals surface area contributed by atoms with Crippen LogP contribution in [0.25, 0.3) is 0 Å². The maximum atomic E-state index is 13.5. The summed E-state index contributed by atoms with van der Waals surface area (Å²) in [6.07, 6.45) is 3.00. The Bertz CT molecular complexity index is 1090. The van der Waals surface area contributed by atoms with Gasteiger partial charge < -0.3 is 30.1 Å². The van der Waals surface area contributed by atoms with E-state index >= 15 is 0 Å². The molecule has 3 atom stereocenters. The number of nitrogens with zero attached hydrogens (tertiary/aromatic N) is 1. The number of carbonyl (C=O) groups excluding carboxylic acids is 3. The third kappa shape index (κ3) is 11.1. The third-order valence-electron chi connectivity index (χ3n) is 7.30. The van der Waals surface area contributed by atoms with Crippen LogP contribution in [0, 0.1) is 0 Å². The Morgan fingerprint density at radius 3 is 2.41 bits per heavy atom. The van der Waals surface area contributed by atoms with E-state index in [0.717, 1.165) is 49.2 Å². The zero-order valence-electron chi connectivity index (χ0n) is 24.1. The fourth-order valence-electron chi connectivity index (χ4n) is 4.90. The number of hydrogen-bond donors (Lipinski definition) is 4. The van der Waals surface area contributed by atoms with Crippen LogP contribution in [0.5, 0.6) is 5.75 Å². The van der Waals surface area contributed by atoms with Gasteiger partial charge in [0.05, 0.1) is 39.0 Å². The van der Waals surface area contributed by atoms with E-state index in [9.17, 15) is 19.5 Å². The third-order valence-corrected chi connectivity index (χ3v) is 7.30. The van der Waals surface area contributed by atoms with Crippen LogP contribution in [0.2, 0.25) is 0 Å². The maximum Gasteiger partial charge on any atom is 0.319 e. The number of amides is 2. The molecular formula is C31H44N4O6. The zero-order chi connectivity index (χ0) is 29.5. The second-order valence-corrected chi connectivity index (χ2v) is 10.3. The number of rotatable bonds is 16. The molecule has 0 aliphatic carbocycles. The van der Waals surface area contributed by atoms with E-state index in [0.29, 0.717) is 13.0 Å². The van der Waals surface area contributed by atoms with Gasteiger partial charge in [-0.15, -0.1) is 0 Å². The van der Waals surface area contributed by atoms with Gasteiger partial charge in [0.15, 0.2) is 0 Å². The van der Waals surface area contributed by atoms with Crippen LogP contribution < -0.4 is 20.7 Å². The van der Waals surface area contributed by atoms with Crippen molar-refractivity contribution in [3.05, 3.63) is 65.7 Å². The molecule has 41 heavy (non-hydrogen) atoms. The number of aliphatic hydroxyl groups is 1. The van der Waals surface area contributed by atoms with Crippen LogP contribution in [0.3, 0.4) is 0 Å². The predicted molar refractivity (Wildman–Crippen MR) is 156 cm³/mol. The number of methoxy groups -OCH3 is 2.